The van der Waals surface area contributed by atoms with Gasteiger partial charge in [0.05, 0.1) is 6.54 Å². The molecule has 0 spiro atoms. The highest BCUT2D eigenvalue weighted by Crippen LogP contribution is 2.22. The summed E-state index contributed by atoms with van der Waals surface area (Å²) in [7, 11) is 0. The lowest BCUT2D eigenvalue weighted by atomic mass is 10.1. The fourth-order valence-electron chi connectivity index (χ4n) is 2.61. The molecule has 1 saturated heterocycles. The molecule has 22 heavy (non-hydrogen) atoms. The molecule has 122 valence electrons. The number of aliphatic hydroxyl groups excluding tert-OH is 1. The summed E-state index contributed by atoms with van der Waals surface area (Å²) >= 11 is 0. The van der Waals surface area contributed by atoms with Crippen LogP contribution < -0.4 is 0 Å². The van der Waals surface area contributed by atoms with Gasteiger partial charge in [-0.25, -0.2) is 0 Å². The number of nitrogens with zero attached hydrogens (tertiary/aromatic N) is 2. The van der Waals surface area contributed by atoms with E-state index in [9.17, 15) is 23.1 Å². The van der Waals surface area contributed by atoms with Crippen LogP contribution in [0.3, 0.4) is 0 Å². The largest absolute Gasteiger partial charge is 0.401 e. The third-order valence-corrected chi connectivity index (χ3v) is 3.81. The van der Waals surface area contributed by atoms with E-state index in [1.807, 2.05) is 0 Å². The summed E-state index contributed by atoms with van der Waals surface area (Å²) in [6, 6.07) is 8.10. The molecule has 1 aliphatic heterocycles. The number of hydrogen-bond acceptors (Lipinski definition) is 3. The zero-order valence-corrected chi connectivity index (χ0v) is 12.3. The molecule has 1 heterocycles. The molecule has 2 rings (SSSR count). The number of amides is 1. The maximum Gasteiger partial charge on any atom is 0.401 e. The molecule has 1 aromatic carbocycles. The van der Waals surface area contributed by atoms with Gasteiger partial charge in [-0.15, -0.1) is 0 Å². The molecule has 2 atom stereocenters. The molecule has 0 aromatic heterocycles. The maximum atomic E-state index is 12.5. The monoisotopic (exact) mass is 316 g/mol. The van der Waals surface area contributed by atoms with Gasteiger partial charge in [-0.2, -0.15) is 13.2 Å². The number of hydrogen-bond donors (Lipinski definition) is 1. The molecule has 0 bridgehead atoms. The van der Waals surface area contributed by atoms with Gasteiger partial charge in [0.15, 0.2) is 6.10 Å². The lowest BCUT2D eigenvalue weighted by molar-refractivity contribution is -0.160. The van der Waals surface area contributed by atoms with Crippen molar-refractivity contribution >= 4 is 5.91 Å². The Balaban J connectivity index is 1.96. The zero-order valence-electron chi connectivity index (χ0n) is 12.3. The van der Waals surface area contributed by atoms with Crippen molar-refractivity contribution < 1.29 is 23.1 Å². The first-order chi connectivity index (χ1) is 10.3. The third kappa shape index (κ3) is 4.20. The lowest BCUT2D eigenvalue weighted by Gasteiger charge is -2.40. The minimum absolute atomic E-state index is 0.147. The second kappa shape index (κ2) is 6.66. The smallest absolute Gasteiger partial charge is 0.378 e. The Morgan fingerprint density at radius 1 is 1.32 bits per heavy atom. The quantitative estimate of drug-likeness (QED) is 0.925. The molecule has 1 fully saturated rings. The Morgan fingerprint density at radius 3 is 2.50 bits per heavy atom. The predicted octanol–water partition coefficient (Wildman–Crippen LogP) is 1.82. The fraction of sp³-hybridized carbons (Fsp3) is 0.533. The molecular formula is C15H19F3N2O2. The molecule has 1 aromatic rings. The molecule has 4 nitrogen and oxygen atoms in total. The second-order valence-corrected chi connectivity index (χ2v) is 5.53. The highest BCUT2D eigenvalue weighted by Gasteiger charge is 2.36. The van der Waals surface area contributed by atoms with E-state index in [1.54, 1.807) is 37.3 Å². The van der Waals surface area contributed by atoms with Gasteiger partial charge in [-0.3, -0.25) is 9.69 Å². The van der Waals surface area contributed by atoms with Crippen LogP contribution >= 0.6 is 0 Å². The number of piperazine rings is 1. The predicted molar refractivity (Wildman–Crippen MR) is 75.1 cm³/mol. The Morgan fingerprint density at radius 2 is 1.95 bits per heavy atom. The van der Waals surface area contributed by atoms with Crippen molar-refractivity contribution in [3.63, 3.8) is 0 Å². The minimum atomic E-state index is -4.25. The first-order valence-electron chi connectivity index (χ1n) is 7.10. The fourth-order valence-corrected chi connectivity index (χ4v) is 2.61. The Labute approximate surface area is 127 Å². The summed E-state index contributed by atoms with van der Waals surface area (Å²) in [5.41, 5.74) is 0.484. The van der Waals surface area contributed by atoms with Crippen LogP contribution in [-0.2, 0) is 4.79 Å². The van der Waals surface area contributed by atoms with Crippen molar-refractivity contribution in [2.75, 3.05) is 26.2 Å². The van der Waals surface area contributed by atoms with Gasteiger partial charge in [0.1, 0.15) is 0 Å². The summed E-state index contributed by atoms with van der Waals surface area (Å²) in [5, 5.41) is 10.1. The van der Waals surface area contributed by atoms with Crippen molar-refractivity contribution in [1.29, 1.82) is 0 Å². The zero-order chi connectivity index (χ0) is 16.3. The van der Waals surface area contributed by atoms with E-state index in [2.05, 4.69) is 0 Å². The van der Waals surface area contributed by atoms with Gasteiger partial charge < -0.3 is 10.0 Å². The number of benzene rings is 1. The first kappa shape index (κ1) is 16.8. The Bertz CT molecular complexity index is 507. The molecule has 7 heteroatoms. The lowest BCUT2D eigenvalue weighted by Crippen LogP contribution is -2.56. The van der Waals surface area contributed by atoms with E-state index in [0.29, 0.717) is 5.56 Å². The van der Waals surface area contributed by atoms with Gasteiger partial charge in [0.2, 0.25) is 0 Å². The Kier molecular flexibility index (Phi) is 5.08. The summed E-state index contributed by atoms with van der Waals surface area (Å²) in [4.78, 5) is 15.0. The summed E-state index contributed by atoms with van der Waals surface area (Å²) in [6.07, 6.45) is -5.52. The number of rotatable bonds is 3. The second-order valence-electron chi connectivity index (χ2n) is 5.53. The number of carbonyl (C=O) groups excluding carboxylic acids is 1. The Hall–Kier alpha value is -1.60. The number of alkyl halides is 3. The molecular weight excluding hydrogens is 297 g/mol. The van der Waals surface area contributed by atoms with Gasteiger partial charge in [0.25, 0.3) is 5.91 Å². The van der Waals surface area contributed by atoms with E-state index in [-0.39, 0.29) is 19.6 Å². The summed E-state index contributed by atoms with van der Waals surface area (Å²) in [6.45, 7) is 1.19. The highest BCUT2D eigenvalue weighted by molar-refractivity contribution is 5.82. The first-order valence-corrected chi connectivity index (χ1v) is 7.10. The maximum absolute atomic E-state index is 12.5. The number of carbonyl (C=O) groups is 1. The van der Waals surface area contributed by atoms with Crippen LogP contribution in [-0.4, -0.2) is 59.2 Å². The third-order valence-electron chi connectivity index (χ3n) is 3.81. The molecule has 0 radical (unpaired) electrons. The van der Waals surface area contributed by atoms with Crippen molar-refractivity contribution in [3.8, 4) is 0 Å². The molecule has 1 amide bonds. The van der Waals surface area contributed by atoms with Crippen molar-refractivity contribution in [1.82, 2.24) is 9.80 Å². The van der Waals surface area contributed by atoms with Crippen LogP contribution in [0.4, 0.5) is 13.2 Å². The van der Waals surface area contributed by atoms with Crippen molar-refractivity contribution in [2.24, 2.45) is 0 Å². The summed E-state index contributed by atoms with van der Waals surface area (Å²) < 4.78 is 37.4. The van der Waals surface area contributed by atoms with Crippen LogP contribution in [0.15, 0.2) is 30.3 Å². The van der Waals surface area contributed by atoms with Crippen LogP contribution in [0.25, 0.3) is 0 Å². The number of aliphatic hydroxyl groups is 1. The van der Waals surface area contributed by atoms with Crippen LogP contribution in [0, 0.1) is 0 Å². The average Bonchev–Trinajstić information content (AvgIpc) is 2.47. The van der Waals surface area contributed by atoms with Gasteiger partial charge >= 0.3 is 6.18 Å². The van der Waals surface area contributed by atoms with E-state index in [4.69, 9.17) is 0 Å². The minimum Gasteiger partial charge on any atom is -0.378 e. The van der Waals surface area contributed by atoms with Crippen LogP contribution in [0.5, 0.6) is 0 Å². The summed E-state index contributed by atoms with van der Waals surface area (Å²) in [5.74, 6) is -0.468. The standard InChI is InChI=1S/C15H19F3N2O2/c1-11-9-19(7-8-20(11)10-15(16,17)18)14(22)13(21)12-5-3-2-4-6-12/h2-6,11,13,21H,7-10H2,1H3/t11-,13-/m1/s1. The topological polar surface area (TPSA) is 43.8 Å². The number of halogens is 3. The van der Waals surface area contributed by atoms with E-state index >= 15 is 0 Å². The molecule has 0 aliphatic carbocycles. The van der Waals surface area contributed by atoms with Crippen LogP contribution in [0.1, 0.15) is 18.6 Å². The molecule has 1 N–H and O–H groups in total. The van der Waals surface area contributed by atoms with Gasteiger partial charge in [0, 0.05) is 25.7 Å². The van der Waals surface area contributed by atoms with Gasteiger partial charge in [-0.05, 0) is 12.5 Å². The SMILES string of the molecule is C[C@@H]1CN(C(=O)[C@H](O)c2ccccc2)CCN1CC(F)(F)F. The van der Waals surface area contributed by atoms with Crippen molar-refractivity contribution in [2.45, 2.75) is 25.2 Å². The average molecular weight is 316 g/mol. The van der Waals surface area contributed by atoms with E-state index < -0.39 is 30.8 Å². The van der Waals surface area contributed by atoms with E-state index in [1.165, 1.54) is 9.80 Å². The van der Waals surface area contributed by atoms with E-state index in [0.717, 1.165) is 0 Å². The van der Waals surface area contributed by atoms with Crippen molar-refractivity contribution in [3.05, 3.63) is 35.9 Å². The molecule has 0 saturated carbocycles. The van der Waals surface area contributed by atoms with Gasteiger partial charge in [-0.1, -0.05) is 30.3 Å². The normalized spacial score (nSPS) is 21.7. The highest BCUT2D eigenvalue weighted by atomic mass is 19.4. The molecule has 0 unspecified atom stereocenters. The van der Waals surface area contributed by atoms with Crippen LogP contribution in [0.2, 0.25) is 0 Å². The molecule has 1 aliphatic rings.